The number of hydrogen-bond donors (Lipinski definition) is 1. The van der Waals surface area contributed by atoms with E-state index in [0.717, 1.165) is 17.7 Å². The van der Waals surface area contributed by atoms with Gasteiger partial charge in [0.25, 0.3) is 0 Å². The first-order valence-electron chi connectivity index (χ1n) is 9.38. The number of oxazole rings is 1. The Labute approximate surface area is 173 Å². The number of nitrogens with one attached hydrogen (secondary N) is 1. The molecule has 9 heteroatoms. The molecular weight excluding hydrogens is 410 g/mol. The van der Waals surface area contributed by atoms with Gasteiger partial charge in [0.1, 0.15) is 12.3 Å². The molecule has 7 nitrogen and oxygen atoms in total. The number of nitrogens with zero attached hydrogens (tertiary/aromatic N) is 2. The summed E-state index contributed by atoms with van der Waals surface area (Å²) < 4.78 is 32.8. The van der Waals surface area contributed by atoms with Gasteiger partial charge in [-0.2, -0.15) is 4.31 Å². The molecule has 1 aliphatic heterocycles. The Morgan fingerprint density at radius 1 is 1.21 bits per heavy atom. The van der Waals surface area contributed by atoms with E-state index in [-0.39, 0.29) is 17.3 Å². The van der Waals surface area contributed by atoms with Crippen LogP contribution in [-0.4, -0.2) is 36.2 Å². The predicted octanol–water partition coefficient (Wildman–Crippen LogP) is 3.26. The zero-order chi connectivity index (χ0) is 20.3. The maximum absolute atomic E-state index is 13.0. The van der Waals surface area contributed by atoms with E-state index in [1.54, 1.807) is 30.3 Å². The first kappa shape index (κ1) is 19.8. The van der Waals surface area contributed by atoms with Crippen molar-refractivity contribution in [2.24, 2.45) is 0 Å². The van der Waals surface area contributed by atoms with Gasteiger partial charge in [-0.15, -0.1) is 11.3 Å². The molecule has 3 aromatic rings. The third-order valence-electron chi connectivity index (χ3n) is 4.83. The first-order valence-corrected chi connectivity index (χ1v) is 11.7. The molecule has 1 fully saturated rings. The summed E-state index contributed by atoms with van der Waals surface area (Å²) in [4.78, 5) is 18.3. The van der Waals surface area contributed by atoms with Gasteiger partial charge in [-0.1, -0.05) is 30.7 Å². The first-order chi connectivity index (χ1) is 14.1. The lowest BCUT2D eigenvalue weighted by molar-refractivity contribution is -0.125. The van der Waals surface area contributed by atoms with Crippen molar-refractivity contribution < 1.29 is 17.6 Å². The van der Waals surface area contributed by atoms with Crippen molar-refractivity contribution in [2.45, 2.75) is 36.7 Å². The Kier molecular flexibility index (Phi) is 5.79. The third-order valence-corrected chi connectivity index (χ3v) is 7.61. The zero-order valence-corrected chi connectivity index (χ0v) is 17.3. The highest BCUT2D eigenvalue weighted by Gasteiger charge is 2.37. The molecule has 0 bridgehead atoms. The highest BCUT2D eigenvalue weighted by molar-refractivity contribution is 7.89. The lowest BCUT2D eigenvalue weighted by atomic mass is 10.0. The Balaban J connectivity index is 1.45. The number of amides is 1. The van der Waals surface area contributed by atoms with E-state index in [0.29, 0.717) is 24.6 Å². The highest BCUT2D eigenvalue weighted by Crippen LogP contribution is 2.26. The van der Waals surface area contributed by atoms with E-state index < -0.39 is 16.1 Å². The number of aromatic nitrogens is 1. The minimum atomic E-state index is -3.72. The third kappa shape index (κ3) is 4.26. The normalized spacial score (nSPS) is 17.9. The van der Waals surface area contributed by atoms with Crippen LogP contribution in [0.2, 0.25) is 0 Å². The van der Waals surface area contributed by atoms with Crippen LogP contribution in [0.25, 0.3) is 10.8 Å². The molecule has 152 valence electrons. The van der Waals surface area contributed by atoms with Gasteiger partial charge in [-0.05, 0) is 36.4 Å². The molecule has 0 unspecified atom stereocenters. The van der Waals surface area contributed by atoms with Gasteiger partial charge in [0, 0.05) is 6.54 Å². The Morgan fingerprint density at radius 3 is 2.79 bits per heavy atom. The standard InChI is InChI=1S/C20H21N3O4S2/c24-19(21-13-15-14-27-20(22-15)18-10-6-12-28-18)17-9-4-5-11-23(17)29(25,26)16-7-2-1-3-8-16/h1-3,6-8,10,12,14,17H,4-5,9,11,13H2,(H,21,24)/t17-/m0/s1. The molecule has 1 saturated heterocycles. The van der Waals surface area contributed by atoms with Crippen LogP contribution in [0.3, 0.4) is 0 Å². The van der Waals surface area contributed by atoms with Crippen molar-refractivity contribution >= 4 is 27.3 Å². The Morgan fingerprint density at radius 2 is 2.03 bits per heavy atom. The summed E-state index contributed by atoms with van der Waals surface area (Å²) in [6, 6.07) is 11.3. The van der Waals surface area contributed by atoms with Crippen LogP contribution in [0.15, 0.2) is 63.4 Å². The van der Waals surface area contributed by atoms with E-state index in [9.17, 15) is 13.2 Å². The Bertz CT molecular complexity index is 1060. The molecule has 1 amide bonds. The van der Waals surface area contributed by atoms with E-state index in [1.807, 2.05) is 17.5 Å². The van der Waals surface area contributed by atoms with E-state index in [4.69, 9.17) is 4.42 Å². The fourth-order valence-electron chi connectivity index (χ4n) is 3.38. The topological polar surface area (TPSA) is 92.5 Å². The SMILES string of the molecule is O=C(NCc1coc(-c2cccs2)n1)[C@@H]1CCCCN1S(=O)(=O)c1ccccc1. The van der Waals surface area contributed by atoms with Gasteiger partial charge in [0.15, 0.2) is 0 Å². The van der Waals surface area contributed by atoms with Crippen LogP contribution in [-0.2, 0) is 21.4 Å². The number of piperidine rings is 1. The summed E-state index contributed by atoms with van der Waals surface area (Å²) >= 11 is 1.52. The summed E-state index contributed by atoms with van der Waals surface area (Å²) in [5.41, 5.74) is 0.593. The van der Waals surface area contributed by atoms with Crippen LogP contribution >= 0.6 is 11.3 Å². The molecule has 0 radical (unpaired) electrons. The maximum Gasteiger partial charge on any atom is 0.243 e. The van der Waals surface area contributed by atoms with Gasteiger partial charge >= 0.3 is 0 Å². The predicted molar refractivity (Wildman–Crippen MR) is 110 cm³/mol. The van der Waals surface area contributed by atoms with Crippen LogP contribution < -0.4 is 5.32 Å². The monoisotopic (exact) mass is 431 g/mol. The molecule has 4 rings (SSSR count). The number of rotatable bonds is 6. The van der Waals surface area contributed by atoms with Crippen LogP contribution in [0.1, 0.15) is 25.0 Å². The number of hydrogen-bond acceptors (Lipinski definition) is 6. The molecule has 1 atom stereocenters. The molecular formula is C20H21N3O4S2. The molecule has 0 spiro atoms. The van der Waals surface area contributed by atoms with E-state index in [1.165, 1.54) is 21.9 Å². The summed E-state index contributed by atoms with van der Waals surface area (Å²) in [5.74, 6) is 0.195. The van der Waals surface area contributed by atoms with Gasteiger partial charge in [-0.3, -0.25) is 4.79 Å². The quantitative estimate of drug-likeness (QED) is 0.647. The van der Waals surface area contributed by atoms with E-state index in [2.05, 4.69) is 10.3 Å². The lowest BCUT2D eigenvalue weighted by Gasteiger charge is -2.33. The van der Waals surface area contributed by atoms with Crippen molar-refractivity contribution in [1.29, 1.82) is 0 Å². The van der Waals surface area contributed by atoms with Crippen LogP contribution in [0, 0.1) is 0 Å². The Hall–Kier alpha value is -2.49. The second-order valence-corrected chi connectivity index (χ2v) is 9.62. The number of carbonyl (C=O) groups excluding carboxylic acids is 1. The second-order valence-electron chi connectivity index (χ2n) is 6.78. The summed E-state index contributed by atoms with van der Waals surface area (Å²) in [5, 5.41) is 4.75. The van der Waals surface area contributed by atoms with Crippen molar-refractivity contribution in [1.82, 2.24) is 14.6 Å². The van der Waals surface area contributed by atoms with Crippen LogP contribution in [0.4, 0.5) is 0 Å². The number of benzene rings is 1. The molecule has 1 aliphatic rings. The van der Waals surface area contributed by atoms with Crippen molar-refractivity contribution in [3.63, 3.8) is 0 Å². The molecule has 1 N–H and O–H groups in total. The van der Waals surface area contributed by atoms with Gasteiger partial charge in [0.05, 0.1) is 22.0 Å². The maximum atomic E-state index is 13.0. The second kappa shape index (κ2) is 8.48. The lowest BCUT2D eigenvalue weighted by Crippen LogP contribution is -2.51. The molecule has 0 aliphatic carbocycles. The zero-order valence-electron chi connectivity index (χ0n) is 15.7. The molecule has 2 aromatic heterocycles. The summed E-state index contributed by atoms with van der Waals surface area (Å²) in [6.45, 7) is 0.519. The summed E-state index contributed by atoms with van der Waals surface area (Å²) in [6.07, 6.45) is 3.56. The van der Waals surface area contributed by atoms with Gasteiger partial charge in [-0.25, -0.2) is 13.4 Å². The molecule has 1 aromatic carbocycles. The van der Waals surface area contributed by atoms with E-state index >= 15 is 0 Å². The smallest absolute Gasteiger partial charge is 0.243 e. The molecule has 29 heavy (non-hydrogen) atoms. The number of carbonyl (C=O) groups is 1. The fraction of sp³-hybridized carbons (Fsp3) is 0.300. The average molecular weight is 432 g/mol. The summed E-state index contributed by atoms with van der Waals surface area (Å²) in [7, 11) is -3.72. The largest absolute Gasteiger partial charge is 0.443 e. The number of thiophene rings is 1. The van der Waals surface area contributed by atoms with Gasteiger partial charge < -0.3 is 9.73 Å². The van der Waals surface area contributed by atoms with Crippen LogP contribution in [0.5, 0.6) is 0 Å². The fourth-order valence-corrected chi connectivity index (χ4v) is 5.71. The minimum absolute atomic E-state index is 0.184. The molecule has 3 heterocycles. The highest BCUT2D eigenvalue weighted by atomic mass is 32.2. The number of sulfonamides is 1. The van der Waals surface area contributed by atoms with Crippen molar-refractivity contribution in [3.05, 3.63) is 59.8 Å². The van der Waals surface area contributed by atoms with Crippen molar-refractivity contribution in [3.8, 4) is 10.8 Å². The minimum Gasteiger partial charge on any atom is -0.443 e. The van der Waals surface area contributed by atoms with Gasteiger partial charge in [0.2, 0.25) is 21.8 Å². The average Bonchev–Trinajstić information content (AvgIpc) is 3.44. The van der Waals surface area contributed by atoms with Crippen molar-refractivity contribution in [2.75, 3.05) is 6.54 Å². The molecule has 0 saturated carbocycles.